The van der Waals surface area contributed by atoms with Crippen molar-refractivity contribution in [2.75, 3.05) is 20.6 Å². The zero-order valence-corrected chi connectivity index (χ0v) is 14.5. The van der Waals surface area contributed by atoms with Crippen LogP contribution in [-0.4, -0.2) is 36.3 Å². The van der Waals surface area contributed by atoms with Crippen molar-refractivity contribution in [1.29, 1.82) is 0 Å². The number of nitrogens with zero attached hydrogens (tertiary/aromatic N) is 2. The number of halogens is 3. The third-order valence-electron chi connectivity index (χ3n) is 4.21. The lowest BCUT2D eigenvalue weighted by molar-refractivity contribution is -0.131. The van der Waals surface area contributed by atoms with E-state index in [9.17, 15) is 18.0 Å². The number of benzene rings is 2. The van der Waals surface area contributed by atoms with Crippen LogP contribution in [0.3, 0.4) is 0 Å². The zero-order valence-electron chi connectivity index (χ0n) is 14.5. The molecule has 1 unspecified atom stereocenters. The number of rotatable bonds is 6. The zero-order chi connectivity index (χ0) is 18.6. The van der Waals surface area contributed by atoms with Gasteiger partial charge in [-0.25, -0.2) is 13.2 Å². The first-order chi connectivity index (χ1) is 11.8. The minimum atomic E-state index is -0.517. The largest absolute Gasteiger partial charge is 0.340 e. The Hall–Kier alpha value is -2.34. The van der Waals surface area contributed by atoms with Gasteiger partial charge in [-0.15, -0.1) is 0 Å². The standard InChI is InChI=1S/C19H21F3N2O/c1-13(17-10-16(21)8-9-18(17)22)23(2)12-19(25)24(3)11-14-4-6-15(20)7-5-14/h4-10,13H,11-12H2,1-3H3. The Balaban J connectivity index is 1.98. The molecule has 1 atom stereocenters. The molecule has 0 saturated carbocycles. The SMILES string of the molecule is CC(c1cc(F)ccc1F)N(C)CC(=O)N(C)Cc1ccc(F)cc1. The van der Waals surface area contributed by atoms with Crippen molar-refractivity contribution in [3.05, 3.63) is 71.0 Å². The maximum absolute atomic E-state index is 13.9. The molecule has 0 aromatic heterocycles. The van der Waals surface area contributed by atoms with Crippen molar-refractivity contribution in [2.45, 2.75) is 19.5 Å². The van der Waals surface area contributed by atoms with Crippen molar-refractivity contribution in [3.63, 3.8) is 0 Å². The molecule has 1 amide bonds. The predicted molar refractivity (Wildman–Crippen MR) is 90.3 cm³/mol. The Morgan fingerprint density at radius 2 is 1.60 bits per heavy atom. The van der Waals surface area contributed by atoms with Gasteiger partial charge in [0.2, 0.25) is 5.91 Å². The molecule has 0 N–H and O–H groups in total. The van der Waals surface area contributed by atoms with Gasteiger partial charge in [0.05, 0.1) is 6.54 Å². The highest BCUT2D eigenvalue weighted by atomic mass is 19.1. The highest BCUT2D eigenvalue weighted by Gasteiger charge is 2.20. The maximum Gasteiger partial charge on any atom is 0.236 e. The van der Waals surface area contributed by atoms with Crippen molar-refractivity contribution in [3.8, 4) is 0 Å². The molecule has 3 nitrogen and oxygen atoms in total. The average molecular weight is 350 g/mol. The summed E-state index contributed by atoms with van der Waals surface area (Å²) in [6, 6.07) is 8.75. The minimum absolute atomic E-state index is 0.0504. The highest BCUT2D eigenvalue weighted by Crippen LogP contribution is 2.22. The Kier molecular flexibility index (Phi) is 6.20. The van der Waals surface area contributed by atoms with Crippen LogP contribution in [0.15, 0.2) is 42.5 Å². The van der Waals surface area contributed by atoms with Crippen LogP contribution in [0.2, 0.25) is 0 Å². The summed E-state index contributed by atoms with van der Waals surface area (Å²) >= 11 is 0. The summed E-state index contributed by atoms with van der Waals surface area (Å²) in [4.78, 5) is 15.5. The monoisotopic (exact) mass is 350 g/mol. The van der Waals surface area contributed by atoms with Gasteiger partial charge in [-0.3, -0.25) is 9.69 Å². The quantitative estimate of drug-likeness (QED) is 0.792. The summed E-state index contributed by atoms with van der Waals surface area (Å²) in [7, 11) is 3.33. The van der Waals surface area contributed by atoms with E-state index in [4.69, 9.17) is 0 Å². The normalized spacial score (nSPS) is 12.3. The first-order valence-electron chi connectivity index (χ1n) is 7.91. The van der Waals surface area contributed by atoms with Gasteiger partial charge in [0, 0.05) is 25.2 Å². The van der Waals surface area contributed by atoms with Gasteiger partial charge in [0.25, 0.3) is 0 Å². The Labute approximate surface area is 145 Å². The molecule has 0 heterocycles. The van der Waals surface area contributed by atoms with Gasteiger partial charge in [-0.2, -0.15) is 0 Å². The Morgan fingerprint density at radius 1 is 1.00 bits per heavy atom. The van der Waals surface area contributed by atoms with Crippen LogP contribution < -0.4 is 0 Å². The number of likely N-dealkylation sites (N-methyl/N-ethyl adjacent to an activating group) is 2. The van der Waals surface area contributed by atoms with Gasteiger partial charge >= 0.3 is 0 Å². The molecular weight excluding hydrogens is 329 g/mol. The van der Waals surface area contributed by atoms with E-state index in [1.165, 1.54) is 17.0 Å². The van der Waals surface area contributed by atoms with Gasteiger partial charge in [0.15, 0.2) is 0 Å². The van der Waals surface area contributed by atoms with E-state index in [1.807, 2.05) is 0 Å². The van der Waals surface area contributed by atoms with Crippen LogP contribution in [0.5, 0.6) is 0 Å². The topological polar surface area (TPSA) is 23.6 Å². The molecule has 0 aliphatic rings. The molecule has 2 aromatic carbocycles. The molecule has 2 rings (SSSR count). The molecule has 0 aliphatic heterocycles. The number of amides is 1. The summed E-state index contributed by atoms with van der Waals surface area (Å²) in [5, 5.41) is 0. The summed E-state index contributed by atoms with van der Waals surface area (Å²) in [5.74, 6) is -1.52. The third kappa shape index (κ3) is 5.06. The first kappa shape index (κ1) is 19.0. The van der Waals surface area contributed by atoms with Crippen LogP contribution in [-0.2, 0) is 11.3 Å². The lowest BCUT2D eigenvalue weighted by atomic mass is 10.1. The van der Waals surface area contributed by atoms with Crippen LogP contribution in [0.1, 0.15) is 24.1 Å². The van der Waals surface area contributed by atoms with Crippen LogP contribution in [0.25, 0.3) is 0 Å². The van der Waals surface area contributed by atoms with Crippen LogP contribution in [0.4, 0.5) is 13.2 Å². The van der Waals surface area contributed by atoms with E-state index in [0.717, 1.165) is 23.8 Å². The van der Waals surface area contributed by atoms with Crippen LogP contribution in [0, 0.1) is 17.5 Å². The predicted octanol–water partition coefficient (Wildman–Crippen LogP) is 3.76. The average Bonchev–Trinajstić information content (AvgIpc) is 2.58. The second-order valence-electron chi connectivity index (χ2n) is 6.13. The third-order valence-corrected chi connectivity index (χ3v) is 4.21. The molecule has 0 spiro atoms. The van der Waals surface area contributed by atoms with E-state index in [2.05, 4.69) is 0 Å². The molecule has 0 fully saturated rings. The second-order valence-corrected chi connectivity index (χ2v) is 6.13. The van der Waals surface area contributed by atoms with Crippen molar-refractivity contribution in [1.82, 2.24) is 9.80 Å². The first-order valence-corrected chi connectivity index (χ1v) is 7.91. The molecule has 25 heavy (non-hydrogen) atoms. The van der Waals surface area contributed by atoms with E-state index in [-0.39, 0.29) is 23.8 Å². The molecule has 2 aromatic rings. The fourth-order valence-corrected chi connectivity index (χ4v) is 2.50. The fourth-order valence-electron chi connectivity index (χ4n) is 2.50. The van der Waals surface area contributed by atoms with E-state index < -0.39 is 17.7 Å². The number of carbonyl (C=O) groups excluding carboxylic acids is 1. The highest BCUT2D eigenvalue weighted by molar-refractivity contribution is 5.78. The van der Waals surface area contributed by atoms with Crippen LogP contribution >= 0.6 is 0 Å². The summed E-state index contributed by atoms with van der Waals surface area (Å²) in [5.41, 5.74) is 1.01. The molecule has 0 aliphatic carbocycles. The number of hydrogen-bond donors (Lipinski definition) is 0. The Morgan fingerprint density at radius 3 is 2.24 bits per heavy atom. The number of hydrogen-bond acceptors (Lipinski definition) is 2. The van der Waals surface area contributed by atoms with Gasteiger partial charge < -0.3 is 4.90 Å². The second kappa shape index (κ2) is 8.16. The van der Waals surface area contributed by atoms with E-state index in [0.29, 0.717) is 6.54 Å². The molecule has 0 radical (unpaired) electrons. The van der Waals surface area contributed by atoms with Gasteiger partial charge in [-0.1, -0.05) is 12.1 Å². The maximum atomic E-state index is 13.9. The molecule has 6 heteroatoms. The van der Waals surface area contributed by atoms with Gasteiger partial charge in [-0.05, 0) is 49.9 Å². The summed E-state index contributed by atoms with van der Waals surface area (Å²) < 4.78 is 40.1. The lowest BCUT2D eigenvalue weighted by Gasteiger charge is -2.27. The summed E-state index contributed by atoms with van der Waals surface area (Å²) in [6.07, 6.45) is 0. The van der Waals surface area contributed by atoms with Gasteiger partial charge in [0.1, 0.15) is 17.5 Å². The lowest BCUT2D eigenvalue weighted by Crippen LogP contribution is -2.37. The van der Waals surface area contributed by atoms with E-state index in [1.54, 1.807) is 38.1 Å². The summed E-state index contributed by atoms with van der Waals surface area (Å²) in [6.45, 7) is 2.11. The van der Waals surface area contributed by atoms with Crippen molar-refractivity contribution >= 4 is 5.91 Å². The molecule has 134 valence electrons. The molecule has 0 bridgehead atoms. The van der Waals surface area contributed by atoms with Crippen molar-refractivity contribution in [2.24, 2.45) is 0 Å². The smallest absolute Gasteiger partial charge is 0.236 e. The molecule has 0 saturated heterocycles. The Bertz CT molecular complexity index is 734. The van der Waals surface area contributed by atoms with E-state index >= 15 is 0 Å². The number of carbonyl (C=O) groups is 1. The van der Waals surface area contributed by atoms with Crippen molar-refractivity contribution < 1.29 is 18.0 Å². The molecular formula is C19H21F3N2O. The fraction of sp³-hybridized carbons (Fsp3) is 0.316. The minimum Gasteiger partial charge on any atom is -0.340 e.